The van der Waals surface area contributed by atoms with Crippen molar-refractivity contribution in [3.63, 3.8) is 0 Å². The van der Waals surface area contributed by atoms with E-state index in [1.807, 2.05) is 0 Å². The first-order valence-electron chi connectivity index (χ1n) is 4.52. The minimum Gasteiger partial charge on any atom is -0.359 e. The average Bonchev–Trinajstić information content (AvgIpc) is 1.84. The fourth-order valence-corrected chi connectivity index (χ4v) is 1.44. The monoisotopic (exact) mass is 174 g/mol. The summed E-state index contributed by atoms with van der Waals surface area (Å²) in [4.78, 5) is 0. The molecule has 0 aromatic carbocycles. The van der Waals surface area contributed by atoms with Crippen LogP contribution in [0.25, 0.3) is 0 Å². The Balaban J connectivity index is 3.40. The lowest BCUT2D eigenvalue weighted by atomic mass is 9.86. The molecule has 0 spiro atoms. The topological polar surface area (TPSA) is 18.5 Å². The fourth-order valence-electron chi connectivity index (χ4n) is 1.44. The number of hydrogen-bond donors (Lipinski definition) is 0. The summed E-state index contributed by atoms with van der Waals surface area (Å²) >= 11 is 0. The molecule has 1 unspecified atom stereocenters. The van der Waals surface area contributed by atoms with Gasteiger partial charge in [-0.3, -0.25) is 0 Å². The van der Waals surface area contributed by atoms with Gasteiger partial charge >= 0.3 is 0 Å². The van der Waals surface area contributed by atoms with Crippen LogP contribution in [-0.4, -0.2) is 20.5 Å². The molecule has 0 aromatic rings. The van der Waals surface area contributed by atoms with Gasteiger partial charge in [0.05, 0.1) is 6.61 Å². The maximum Gasteiger partial charge on any atom is 0.146 e. The Bertz CT molecular complexity index is 105. The normalized spacial score (nSPS) is 14.8. The van der Waals surface area contributed by atoms with Crippen LogP contribution in [0.5, 0.6) is 0 Å². The summed E-state index contributed by atoms with van der Waals surface area (Å²) in [6, 6.07) is 0. The van der Waals surface area contributed by atoms with Crippen molar-refractivity contribution in [1.29, 1.82) is 0 Å². The SMILES string of the molecule is COCOCC(C)CC(C)(C)C. The van der Waals surface area contributed by atoms with Crippen molar-refractivity contribution < 1.29 is 9.47 Å². The highest BCUT2D eigenvalue weighted by Crippen LogP contribution is 2.23. The Morgan fingerprint density at radius 2 is 1.83 bits per heavy atom. The summed E-state index contributed by atoms with van der Waals surface area (Å²) in [5.74, 6) is 0.611. The van der Waals surface area contributed by atoms with E-state index in [-0.39, 0.29) is 0 Å². The molecular formula is C10H22O2. The van der Waals surface area contributed by atoms with Crippen molar-refractivity contribution in [2.45, 2.75) is 34.1 Å². The molecule has 0 aliphatic heterocycles. The predicted molar refractivity (Wildman–Crippen MR) is 51.1 cm³/mol. The third-order valence-electron chi connectivity index (χ3n) is 1.56. The van der Waals surface area contributed by atoms with Crippen LogP contribution in [0.1, 0.15) is 34.1 Å². The zero-order valence-electron chi connectivity index (χ0n) is 9.02. The second-order valence-electron chi connectivity index (χ2n) is 4.65. The third kappa shape index (κ3) is 8.02. The Hall–Kier alpha value is -0.0800. The van der Waals surface area contributed by atoms with Gasteiger partial charge in [0, 0.05) is 7.11 Å². The lowest BCUT2D eigenvalue weighted by Gasteiger charge is -2.22. The van der Waals surface area contributed by atoms with E-state index in [1.54, 1.807) is 7.11 Å². The zero-order chi connectivity index (χ0) is 9.61. The van der Waals surface area contributed by atoms with Crippen LogP contribution in [0.4, 0.5) is 0 Å². The molecule has 0 aromatic heterocycles. The molecule has 0 rings (SSSR count). The maximum absolute atomic E-state index is 5.27. The predicted octanol–water partition coefficient (Wildman–Crippen LogP) is 2.68. The quantitative estimate of drug-likeness (QED) is 0.471. The number of methoxy groups -OCH3 is 1. The van der Waals surface area contributed by atoms with Crippen LogP contribution in [-0.2, 0) is 9.47 Å². The number of rotatable bonds is 5. The van der Waals surface area contributed by atoms with Crippen molar-refractivity contribution in [3.8, 4) is 0 Å². The second kappa shape index (κ2) is 5.55. The minimum absolute atomic E-state index is 0.399. The minimum atomic E-state index is 0.399. The van der Waals surface area contributed by atoms with E-state index < -0.39 is 0 Å². The smallest absolute Gasteiger partial charge is 0.146 e. The van der Waals surface area contributed by atoms with Gasteiger partial charge in [0.2, 0.25) is 0 Å². The molecule has 0 aliphatic carbocycles. The maximum atomic E-state index is 5.27. The first kappa shape index (κ1) is 11.9. The van der Waals surface area contributed by atoms with Gasteiger partial charge in [-0.05, 0) is 17.8 Å². The molecule has 74 valence electrons. The van der Waals surface area contributed by atoms with Crippen molar-refractivity contribution >= 4 is 0 Å². The molecule has 0 saturated heterocycles. The lowest BCUT2D eigenvalue weighted by molar-refractivity contribution is -0.0450. The van der Waals surface area contributed by atoms with E-state index in [9.17, 15) is 0 Å². The standard InChI is InChI=1S/C10H22O2/c1-9(6-10(2,3)4)7-12-8-11-5/h9H,6-8H2,1-5H3. The van der Waals surface area contributed by atoms with E-state index >= 15 is 0 Å². The van der Waals surface area contributed by atoms with Gasteiger partial charge < -0.3 is 9.47 Å². The Morgan fingerprint density at radius 3 is 2.25 bits per heavy atom. The summed E-state index contributed by atoms with van der Waals surface area (Å²) in [5.41, 5.74) is 0.399. The van der Waals surface area contributed by atoms with Crippen molar-refractivity contribution in [2.75, 3.05) is 20.5 Å². The van der Waals surface area contributed by atoms with E-state index in [1.165, 1.54) is 6.42 Å². The van der Waals surface area contributed by atoms with Crippen molar-refractivity contribution in [1.82, 2.24) is 0 Å². The average molecular weight is 174 g/mol. The molecule has 0 radical (unpaired) electrons. The van der Waals surface area contributed by atoms with E-state index in [2.05, 4.69) is 27.7 Å². The van der Waals surface area contributed by atoms with Gasteiger partial charge in [0.25, 0.3) is 0 Å². The van der Waals surface area contributed by atoms with Crippen LogP contribution < -0.4 is 0 Å². The molecule has 12 heavy (non-hydrogen) atoms. The fraction of sp³-hybridized carbons (Fsp3) is 1.00. The van der Waals surface area contributed by atoms with Crippen LogP contribution in [0.15, 0.2) is 0 Å². The first-order chi connectivity index (χ1) is 5.45. The highest BCUT2D eigenvalue weighted by molar-refractivity contribution is 4.65. The van der Waals surface area contributed by atoms with Gasteiger partial charge in [-0.15, -0.1) is 0 Å². The Labute approximate surface area is 76.3 Å². The van der Waals surface area contributed by atoms with Gasteiger partial charge in [-0.2, -0.15) is 0 Å². The summed E-state index contributed by atoms with van der Waals surface area (Å²) in [5, 5.41) is 0. The summed E-state index contributed by atoms with van der Waals surface area (Å²) < 4.78 is 10.1. The summed E-state index contributed by atoms with van der Waals surface area (Å²) in [6.45, 7) is 10.2. The molecule has 0 amide bonds. The van der Waals surface area contributed by atoms with Crippen LogP contribution in [0.3, 0.4) is 0 Å². The third-order valence-corrected chi connectivity index (χ3v) is 1.56. The molecule has 0 heterocycles. The number of hydrogen-bond acceptors (Lipinski definition) is 2. The van der Waals surface area contributed by atoms with E-state index in [0.717, 1.165) is 6.61 Å². The van der Waals surface area contributed by atoms with Crippen LogP contribution in [0.2, 0.25) is 0 Å². The van der Waals surface area contributed by atoms with Crippen LogP contribution >= 0.6 is 0 Å². The largest absolute Gasteiger partial charge is 0.359 e. The van der Waals surface area contributed by atoms with E-state index in [4.69, 9.17) is 9.47 Å². The summed E-state index contributed by atoms with van der Waals surface area (Å²) in [6.07, 6.45) is 1.19. The zero-order valence-corrected chi connectivity index (χ0v) is 9.02. The Kier molecular flexibility index (Phi) is 5.51. The van der Waals surface area contributed by atoms with Crippen LogP contribution in [0, 0.1) is 11.3 Å². The van der Waals surface area contributed by atoms with Crippen molar-refractivity contribution in [2.24, 2.45) is 11.3 Å². The van der Waals surface area contributed by atoms with Gasteiger partial charge in [0.15, 0.2) is 0 Å². The first-order valence-corrected chi connectivity index (χ1v) is 4.52. The number of ether oxygens (including phenoxy) is 2. The molecule has 0 aliphatic rings. The van der Waals surface area contributed by atoms with Gasteiger partial charge in [-0.25, -0.2) is 0 Å². The Morgan fingerprint density at radius 1 is 1.25 bits per heavy atom. The molecule has 0 N–H and O–H groups in total. The van der Waals surface area contributed by atoms with Gasteiger partial charge in [0.1, 0.15) is 6.79 Å². The molecule has 2 nitrogen and oxygen atoms in total. The molecule has 2 heteroatoms. The second-order valence-corrected chi connectivity index (χ2v) is 4.65. The summed E-state index contributed by atoms with van der Waals surface area (Å²) in [7, 11) is 1.65. The highest BCUT2D eigenvalue weighted by atomic mass is 16.7. The van der Waals surface area contributed by atoms with E-state index in [0.29, 0.717) is 18.1 Å². The van der Waals surface area contributed by atoms with Gasteiger partial charge in [-0.1, -0.05) is 27.7 Å². The molecule has 1 atom stereocenters. The molecule has 0 fully saturated rings. The molecule has 0 bridgehead atoms. The molecular weight excluding hydrogens is 152 g/mol. The molecule has 0 saturated carbocycles. The lowest BCUT2D eigenvalue weighted by Crippen LogP contribution is -2.15. The van der Waals surface area contributed by atoms with Crippen molar-refractivity contribution in [3.05, 3.63) is 0 Å². The highest BCUT2D eigenvalue weighted by Gasteiger charge is 2.14.